The fourth-order valence-corrected chi connectivity index (χ4v) is 2.94. The number of anilines is 1. The largest absolute Gasteiger partial charge is 0.467 e. The number of nitrogens with zero attached hydrogens (tertiary/aromatic N) is 1. The number of rotatable bonds is 5. The highest BCUT2D eigenvalue weighted by atomic mass is 19.1. The number of carbonyl (C=O) groups excluding carboxylic acids is 2. The van der Waals surface area contributed by atoms with Crippen LogP contribution in [0.25, 0.3) is 0 Å². The molecule has 1 aliphatic heterocycles. The molecular formula is C20H22FN3O4. The van der Waals surface area contributed by atoms with Gasteiger partial charge in [0, 0.05) is 26.2 Å². The fourth-order valence-electron chi connectivity index (χ4n) is 2.94. The molecule has 2 aromatic carbocycles. The Morgan fingerprint density at radius 3 is 2.79 bits per heavy atom. The van der Waals surface area contributed by atoms with E-state index in [1.807, 2.05) is 0 Å². The van der Waals surface area contributed by atoms with Gasteiger partial charge in [0.15, 0.2) is 6.79 Å². The lowest BCUT2D eigenvalue weighted by Crippen LogP contribution is -2.32. The van der Waals surface area contributed by atoms with Gasteiger partial charge in [0.25, 0.3) is 5.91 Å². The molecule has 0 aromatic heterocycles. The van der Waals surface area contributed by atoms with Gasteiger partial charge in [-0.3, -0.25) is 4.79 Å². The van der Waals surface area contributed by atoms with Crippen molar-refractivity contribution in [3.63, 3.8) is 0 Å². The van der Waals surface area contributed by atoms with Crippen LogP contribution in [0.5, 0.6) is 5.75 Å². The number of urea groups is 1. The summed E-state index contributed by atoms with van der Waals surface area (Å²) >= 11 is 0. The van der Waals surface area contributed by atoms with Gasteiger partial charge in [-0.2, -0.15) is 0 Å². The number of hydrogen-bond donors (Lipinski definition) is 2. The highest BCUT2D eigenvalue weighted by molar-refractivity contribution is 6.03. The zero-order valence-electron chi connectivity index (χ0n) is 15.8. The second-order valence-corrected chi connectivity index (χ2v) is 6.54. The molecule has 8 heteroatoms. The molecule has 28 heavy (non-hydrogen) atoms. The first-order chi connectivity index (χ1) is 13.5. The van der Waals surface area contributed by atoms with Crippen molar-refractivity contribution in [2.24, 2.45) is 0 Å². The van der Waals surface area contributed by atoms with E-state index in [9.17, 15) is 14.0 Å². The first-order valence-electron chi connectivity index (χ1n) is 8.83. The monoisotopic (exact) mass is 387 g/mol. The zero-order chi connectivity index (χ0) is 20.1. The summed E-state index contributed by atoms with van der Waals surface area (Å²) in [6.07, 6.45) is 0.395. The Bertz CT molecular complexity index is 886. The Morgan fingerprint density at radius 2 is 2.00 bits per heavy atom. The lowest BCUT2D eigenvalue weighted by molar-refractivity contribution is -0.0172. The number of hydrogen-bond acceptors (Lipinski definition) is 4. The van der Waals surface area contributed by atoms with E-state index in [4.69, 9.17) is 9.47 Å². The van der Waals surface area contributed by atoms with Crippen LogP contribution in [0.4, 0.5) is 14.9 Å². The molecule has 0 unspecified atom stereocenters. The van der Waals surface area contributed by atoms with Crippen molar-refractivity contribution >= 4 is 17.6 Å². The van der Waals surface area contributed by atoms with Crippen molar-refractivity contribution in [2.45, 2.75) is 13.0 Å². The Kier molecular flexibility index (Phi) is 6.10. The van der Waals surface area contributed by atoms with E-state index in [2.05, 4.69) is 10.6 Å². The highest BCUT2D eigenvalue weighted by Crippen LogP contribution is 2.29. The average Bonchev–Trinajstić information content (AvgIpc) is 2.67. The van der Waals surface area contributed by atoms with Crippen molar-refractivity contribution in [1.29, 1.82) is 0 Å². The molecule has 2 N–H and O–H groups in total. The summed E-state index contributed by atoms with van der Waals surface area (Å²) in [5.74, 6) is 0.0295. The number of halogens is 1. The Balaban J connectivity index is 1.61. The van der Waals surface area contributed by atoms with Gasteiger partial charge in [0.2, 0.25) is 0 Å². The summed E-state index contributed by atoms with van der Waals surface area (Å²) in [6, 6.07) is 9.11. The summed E-state index contributed by atoms with van der Waals surface area (Å²) in [7, 11) is 3.29. The first kappa shape index (κ1) is 19.6. The van der Waals surface area contributed by atoms with Gasteiger partial charge in [0.05, 0.1) is 17.9 Å². The van der Waals surface area contributed by atoms with Crippen LogP contribution in [-0.2, 0) is 17.8 Å². The van der Waals surface area contributed by atoms with Crippen molar-refractivity contribution in [3.8, 4) is 5.75 Å². The Labute approximate surface area is 162 Å². The third-order valence-electron chi connectivity index (χ3n) is 4.24. The molecule has 0 spiro atoms. The summed E-state index contributed by atoms with van der Waals surface area (Å²) in [6.45, 7) is 0.691. The van der Waals surface area contributed by atoms with E-state index in [-0.39, 0.29) is 25.1 Å². The van der Waals surface area contributed by atoms with Crippen LogP contribution in [-0.4, -0.2) is 44.3 Å². The molecule has 2 aromatic rings. The third kappa shape index (κ3) is 4.58. The molecule has 1 aliphatic rings. The van der Waals surface area contributed by atoms with Gasteiger partial charge in [0.1, 0.15) is 11.6 Å². The predicted molar refractivity (Wildman–Crippen MR) is 102 cm³/mol. The summed E-state index contributed by atoms with van der Waals surface area (Å²) in [5.41, 5.74) is 2.14. The van der Waals surface area contributed by atoms with Crippen molar-refractivity contribution in [3.05, 3.63) is 58.9 Å². The van der Waals surface area contributed by atoms with E-state index >= 15 is 0 Å². The van der Waals surface area contributed by atoms with E-state index in [0.717, 1.165) is 0 Å². The minimum absolute atomic E-state index is 0.121. The maximum atomic E-state index is 13.8. The van der Waals surface area contributed by atoms with Gasteiger partial charge in [-0.05, 0) is 36.2 Å². The van der Waals surface area contributed by atoms with Crippen molar-refractivity contribution < 1.29 is 23.5 Å². The number of nitrogens with one attached hydrogen (secondary N) is 2. The second kappa shape index (κ2) is 8.71. The smallest absolute Gasteiger partial charge is 0.319 e. The fraction of sp³-hybridized carbons (Fsp3) is 0.300. The second-order valence-electron chi connectivity index (χ2n) is 6.54. The normalized spacial score (nSPS) is 12.5. The molecule has 0 fully saturated rings. The van der Waals surface area contributed by atoms with Gasteiger partial charge in [-0.25, -0.2) is 9.18 Å². The van der Waals surface area contributed by atoms with Gasteiger partial charge in [-0.15, -0.1) is 0 Å². The topological polar surface area (TPSA) is 79.9 Å². The molecule has 3 rings (SSSR count). The standard InChI is InChI=1S/C20H22FN3O4/c1-24(2)19(25)16-5-3-4-6-17(16)23-20(26)22-8-7-13-9-15(21)10-14-11-27-12-28-18(13)14/h3-6,9-10H,7-8,11-12H2,1-2H3,(H2,22,23,26). The van der Waals surface area contributed by atoms with Crippen LogP contribution in [0.2, 0.25) is 0 Å². The molecule has 0 aliphatic carbocycles. The maximum Gasteiger partial charge on any atom is 0.319 e. The number of carbonyl (C=O) groups is 2. The summed E-state index contributed by atoms with van der Waals surface area (Å²) < 4.78 is 24.4. The predicted octanol–water partition coefficient (Wildman–Crippen LogP) is 2.76. The Hall–Kier alpha value is -3.13. The van der Waals surface area contributed by atoms with E-state index in [0.29, 0.717) is 41.2 Å². The third-order valence-corrected chi connectivity index (χ3v) is 4.24. The number of fused-ring (bicyclic) bond motifs is 1. The molecule has 0 saturated carbocycles. The number of amides is 3. The van der Waals surface area contributed by atoms with Crippen LogP contribution < -0.4 is 15.4 Å². The molecule has 0 atom stereocenters. The maximum absolute atomic E-state index is 13.8. The molecule has 0 radical (unpaired) electrons. The zero-order valence-corrected chi connectivity index (χ0v) is 15.8. The van der Waals surface area contributed by atoms with Gasteiger partial charge >= 0.3 is 6.03 Å². The summed E-state index contributed by atoms with van der Waals surface area (Å²) in [4.78, 5) is 25.9. The van der Waals surface area contributed by atoms with E-state index < -0.39 is 6.03 Å². The molecule has 1 heterocycles. The lowest BCUT2D eigenvalue weighted by atomic mass is 10.1. The molecule has 0 bridgehead atoms. The van der Waals surface area contributed by atoms with E-state index in [1.54, 1.807) is 38.4 Å². The van der Waals surface area contributed by atoms with Crippen LogP contribution in [0.3, 0.4) is 0 Å². The lowest BCUT2D eigenvalue weighted by Gasteiger charge is -2.21. The quantitative estimate of drug-likeness (QED) is 0.827. The Morgan fingerprint density at radius 1 is 1.21 bits per heavy atom. The average molecular weight is 387 g/mol. The van der Waals surface area contributed by atoms with Crippen molar-refractivity contribution in [2.75, 3.05) is 32.7 Å². The molecule has 3 amide bonds. The van der Waals surface area contributed by atoms with Crippen LogP contribution in [0.15, 0.2) is 36.4 Å². The van der Waals surface area contributed by atoms with E-state index in [1.165, 1.54) is 17.0 Å². The number of para-hydroxylation sites is 1. The van der Waals surface area contributed by atoms with Crippen molar-refractivity contribution in [1.82, 2.24) is 10.2 Å². The number of ether oxygens (including phenoxy) is 2. The van der Waals surface area contributed by atoms with Crippen LogP contribution in [0, 0.1) is 5.82 Å². The minimum Gasteiger partial charge on any atom is -0.467 e. The van der Waals surface area contributed by atoms with Crippen LogP contribution in [0.1, 0.15) is 21.5 Å². The number of benzene rings is 2. The first-order valence-corrected chi connectivity index (χ1v) is 8.83. The minimum atomic E-state index is -0.450. The molecule has 0 saturated heterocycles. The molecule has 7 nitrogen and oxygen atoms in total. The SMILES string of the molecule is CN(C)C(=O)c1ccccc1NC(=O)NCCc1cc(F)cc2c1OCOC2. The molecular weight excluding hydrogens is 365 g/mol. The van der Waals surface area contributed by atoms with Crippen LogP contribution >= 0.6 is 0 Å². The van der Waals surface area contributed by atoms with Gasteiger partial charge in [-0.1, -0.05) is 12.1 Å². The molecule has 148 valence electrons. The van der Waals surface area contributed by atoms with Gasteiger partial charge < -0.3 is 25.0 Å². The summed E-state index contributed by atoms with van der Waals surface area (Å²) in [5, 5.41) is 5.40. The highest BCUT2D eigenvalue weighted by Gasteiger charge is 2.17.